The van der Waals surface area contributed by atoms with Crippen molar-refractivity contribution in [2.45, 2.75) is 33.1 Å². The van der Waals surface area contributed by atoms with Gasteiger partial charge in [0.25, 0.3) is 0 Å². The third-order valence-corrected chi connectivity index (χ3v) is 3.81. The first-order valence-electron chi connectivity index (χ1n) is 8.63. The number of halogens is 1. The normalized spacial score (nSPS) is 11.4. The number of nitrogens with one attached hydrogen (secondary N) is 2. The van der Waals surface area contributed by atoms with Gasteiger partial charge in [0.1, 0.15) is 5.75 Å². The van der Waals surface area contributed by atoms with Crippen molar-refractivity contribution in [2.75, 3.05) is 40.0 Å². The molecular formula is C18H30ClN3O2. The number of guanidine groups is 1. The Labute approximate surface area is 150 Å². The Morgan fingerprint density at radius 3 is 2.71 bits per heavy atom. The van der Waals surface area contributed by atoms with Gasteiger partial charge in [0.15, 0.2) is 5.96 Å². The van der Waals surface area contributed by atoms with Crippen LogP contribution in [0, 0.1) is 0 Å². The number of methoxy groups -OCH3 is 1. The van der Waals surface area contributed by atoms with E-state index in [0.29, 0.717) is 0 Å². The van der Waals surface area contributed by atoms with E-state index in [2.05, 4.69) is 22.5 Å². The Balaban J connectivity index is 2.37. The molecule has 0 aromatic heterocycles. The lowest BCUT2D eigenvalue weighted by Crippen LogP contribution is -2.38. The zero-order valence-electron chi connectivity index (χ0n) is 15.0. The number of nitrogens with zero attached hydrogens (tertiary/aromatic N) is 1. The Morgan fingerprint density at radius 2 is 2.04 bits per heavy atom. The zero-order valence-corrected chi connectivity index (χ0v) is 15.8. The van der Waals surface area contributed by atoms with E-state index in [0.717, 1.165) is 74.4 Å². The Kier molecular flexibility index (Phi) is 11.1. The van der Waals surface area contributed by atoms with Gasteiger partial charge >= 0.3 is 0 Å². The van der Waals surface area contributed by atoms with Crippen LogP contribution in [-0.4, -0.2) is 45.9 Å². The molecule has 0 amide bonds. The predicted octanol–water partition coefficient (Wildman–Crippen LogP) is 3.26. The van der Waals surface area contributed by atoms with Crippen LogP contribution in [0.1, 0.15) is 32.3 Å². The van der Waals surface area contributed by atoms with E-state index in [4.69, 9.17) is 21.1 Å². The Morgan fingerprint density at radius 1 is 1.21 bits per heavy atom. The van der Waals surface area contributed by atoms with E-state index in [1.807, 2.05) is 25.1 Å². The molecule has 0 bridgehead atoms. The molecule has 1 aromatic carbocycles. The van der Waals surface area contributed by atoms with Crippen molar-refractivity contribution >= 4 is 17.6 Å². The lowest BCUT2D eigenvalue weighted by molar-refractivity contribution is 0.144. The first kappa shape index (κ1) is 20.6. The SMILES string of the molecule is CCNC(=NCCCCOCC)NCCc1ccc(OC)cc1Cl. The molecule has 0 saturated carbocycles. The maximum atomic E-state index is 6.26. The molecule has 0 heterocycles. The van der Waals surface area contributed by atoms with Crippen LogP contribution in [-0.2, 0) is 11.2 Å². The van der Waals surface area contributed by atoms with E-state index in [-0.39, 0.29) is 0 Å². The van der Waals surface area contributed by atoms with E-state index in [1.165, 1.54) is 0 Å². The summed E-state index contributed by atoms with van der Waals surface area (Å²) in [7, 11) is 1.64. The second-order valence-corrected chi connectivity index (χ2v) is 5.71. The maximum Gasteiger partial charge on any atom is 0.191 e. The molecule has 1 aromatic rings. The van der Waals surface area contributed by atoms with Crippen LogP contribution in [0.4, 0.5) is 0 Å². The molecule has 1 rings (SSSR count). The summed E-state index contributed by atoms with van der Waals surface area (Å²) in [6.45, 7) is 8.08. The maximum absolute atomic E-state index is 6.26. The lowest BCUT2D eigenvalue weighted by Gasteiger charge is -2.12. The van der Waals surface area contributed by atoms with Gasteiger partial charge in [-0.15, -0.1) is 0 Å². The van der Waals surface area contributed by atoms with Crippen LogP contribution in [0.5, 0.6) is 5.75 Å². The minimum atomic E-state index is 0.731. The third-order valence-electron chi connectivity index (χ3n) is 3.46. The van der Waals surface area contributed by atoms with Gasteiger partial charge < -0.3 is 20.1 Å². The molecule has 2 N–H and O–H groups in total. The molecular weight excluding hydrogens is 326 g/mol. The summed E-state index contributed by atoms with van der Waals surface area (Å²) in [6.07, 6.45) is 2.90. The lowest BCUT2D eigenvalue weighted by atomic mass is 10.1. The molecule has 0 aliphatic heterocycles. The van der Waals surface area contributed by atoms with Crippen LogP contribution in [0.2, 0.25) is 5.02 Å². The summed E-state index contributed by atoms with van der Waals surface area (Å²) < 4.78 is 10.5. The van der Waals surface area contributed by atoms with Gasteiger partial charge in [-0.3, -0.25) is 4.99 Å². The zero-order chi connectivity index (χ0) is 17.6. The van der Waals surface area contributed by atoms with Crippen LogP contribution < -0.4 is 15.4 Å². The fraction of sp³-hybridized carbons (Fsp3) is 0.611. The first-order chi connectivity index (χ1) is 11.7. The molecule has 0 aliphatic rings. The highest BCUT2D eigenvalue weighted by Crippen LogP contribution is 2.22. The number of ether oxygens (including phenoxy) is 2. The number of rotatable bonds is 11. The number of unbranched alkanes of at least 4 members (excludes halogenated alkanes) is 1. The molecule has 5 nitrogen and oxygen atoms in total. The van der Waals surface area contributed by atoms with Crippen LogP contribution in [0.3, 0.4) is 0 Å². The van der Waals surface area contributed by atoms with Gasteiger partial charge in [0.2, 0.25) is 0 Å². The molecule has 0 saturated heterocycles. The summed E-state index contributed by atoms with van der Waals surface area (Å²) in [5.74, 6) is 1.62. The second-order valence-electron chi connectivity index (χ2n) is 5.30. The largest absolute Gasteiger partial charge is 0.497 e. The van der Waals surface area contributed by atoms with E-state index >= 15 is 0 Å². The van der Waals surface area contributed by atoms with E-state index < -0.39 is 0 Å². The van der Waals surface area contributed by atoms with Crippen LogP contribution >= 0.6 is 11.6 Å². The monoisotopic (exact) mass is 355 g/mol. The van der Waals surface area contributed by atoms with Gasteiger partial charge in [-0.1, -0.05) is 17.7 Å². The second kappa shape index (κ2) is 12.9. The van der Waals surface area contributed by atoms with Crippen molar-refractivity contribution in [2.24, 2.45) is 4.99 Å². The number of benzene rings is 1. The van der Waals surface area contributed by atoms with Gasteiger partial charge in [0, 0.05) is 37.9 Å². The summed E-state index contributed by atoms with van der Waals surface area (Å²) in [5.41, 5.74) is 1.09. The Bertz CT molecular complexity index is 495. The predicted molar refractivity (Wildman–Crippen MR) is 101 cm³/mol. The quantitative estimate of drug-likeness (QED) is 0.363. The fourth-order valence-corrected chi connectivity index (χ4v) is 2.43. The van der Waals surface area contributed by atoms with Gasteiger partial charge in [-0.2, -0.15) is 0 Å². The van der Waals surface area contributed by atoms with Gasteiger partial charge in [-0.25, -0.2) is 0 Å². The molecule has 0 aliphatic carbocycles. The molecule has 0 radical (unpaired) electrons. The molecule has 6 heteroatoms. The van der Waals surface area contributed by atoms with Crippen molar-refractivity contribution in [3.8, 4) is 5.75 Å². The molecule has 136 valence electrons. The summed E-state index contributed by atoms with van der Waals surface area (Å²) in [6, 6.07) is 5.77. The summed E-state index contributed by atoms with van der Waals surface area (Å²) in [4.78, 5) is 4.58. The third kappa shape index (κ3) is 8.41. The first-order valence-corrected chi connectivity index (χ1v) is 9.01. The molecule has 0 atom stereocenters. The highest BCUT2D eigenvalue weighted by Gasteiger charge is 2.03. The average Bonchev–Trinajstić information content (AvgIpc) is 2.59. The standard InChI is InChI=1S/C18H30ClN3O2/c1-4-20-18(21-11-6-7-13-24-5-2)22-12-10-15-8-9-16(23-3)14-17(15)19/h8-9,14H,4-7,10-13H2,1-3H3,(H2,20,21,22). The van der Waals surface area contributed by atoms with Crippen molar-refractivity contribution in [1.29, 1.82) is 0 Å². The average molecular weight is 356 g/mol. The minimum absolute atomic E-state index is 0.731. The number of hydrogen-bond acceptors (Lipinski definition) is 3. The van der Waals surface area contributed by atoms with Crippen LogP contribution in [0.25, 0.3) is 0 Å². The van der Waals surface area contributed by atoms with Gasteiger partial charge in [0.05, 0.1) is 7.11 Å². The van der Waals surface area contributed by atoms with E-state index in [9.17, 15) is 0 Å². The molecule has 0 unspecified atom stereocenters. The fourth-order valence-electron chi connectivity index (χ4n) is 2.17. The highest BCUT2D eigenvalue weighted by molar-refractivity contribution is 6.31. The highest BCUT2D eigenvalue weighted by atomic mass is 35.5. The van der Waals surface area contributed by atoms with Gasteiger partial charge in [-0.05, 0) is 50.8 Å². The smallest absolute Gasteiger partial charge is 0.191 e. The Hall–Kier alpha value is -1.46. The van der Waals surface area contributed by atoms with Crippen LogP contribution in [0.15, 0.2) is 23.2 Å². The topological polar surface area (TPSA) is 54.9 Å². The number of hydrogen-bond donors (Lipinski definition) is 2. The van der Waals surface area contributed by atoms with Crippen molar-refractivity contribution < 1.29 is 9.47 Å². The minimum Gasteiger partial charge on any atom is -0.497 e. The van der Waals surface area contributed by atoms with Crippen molar-refractivity contribution in [1.82, 2.24) is 10.6 Å². The summed E-state index contributed by atoms with van der Waals surface area (Å²) >= 11 is 6.26. The summed E-state index contributed by atoms with van der Waals surface area (Å²) in [5, 5.41) is 7.33. The van der Waals surface area contributed by atoms with E-state index in [1.54, 1.807) is 7.11 Å². The molecule has 24 heavy (non-hydrogen) atoms. The van der Waals surface area contributed by atoms with Crippen molar-refractivity contribution in [3.05, 3.63) is 28.8 Å². The molecule has 0 fully saturated rings. The number of aliphatic imine (C=N–C) groups is 1. The molecule has 0 spiro atoms. The van der Waals surface area contributed by atoms with Crippen molar-refractivity contribution in [3.63, 3.8) is 0 Å².